The van der Waals surface area contributed by atoms with Gasteiger partial charge in [-0.05, 0) is 25.0 Å². The first-order valence-electron chi connectivity index (χ1n) is 10.8. The Morgan fingerprint density at radius 1 is 1.34 bits per heavy atom. The van der Waals surface area contributed by atoms with E-state index in [9.17, 15) is 0 Å². The van der Waals surface area contributed by atoms with Gasteiger partial charge in [0, 0.05) is 52.5 Å². The largest absolute Gasteiger partial charge is 0.377 e. The van der Waals surface area contributed by atoms with E-state index < -0.39 is 0 Å². The van der Waals surface area contributed by atoms with Crippen molar-refractivity contribution < 1.29 is 9.47 Å². The van der Waals surface area contributed by atoms with Crippen molar-refractivity contribution in [2.45, 2.75) is 51.6 Å². The monoisotopic (exact) mass is 556 g/mol. The third kappa shape index (κ3) is 6.29. The number of hydrogen-bond acceptors (Lipinski definition) is 7. The van der Waals surface area contributed by atoms with Crippen LogP contribution in [-0.4, -0.2) is 71.7 Å². The van der Waals surface area contributed by atoms with Crippen molar-refractivity contribution in [1.29, 1.82) is 0 Å². The van der Waals surface area contributed by atoms with Gasteiger partial charge in [-0.1, -0.05) is 6.07 Å². The molecule has 0 radical (unpaired) electrons. The lowest BCUT2D eigenvalue weighted by Gasteiger charge is -2.32. The molecule has 2 aromatic rings. The third-order valence-corrected chi connectivity index (χ3v) is 5.57. The first-order valence-corrected chi connectivity index (χ1v) is 10.8. The van der Waals surface area contributed by atoms with E-state index in [2.05, 4.69) is 54.6 Å². The number of fused-ring (bicyclic) bond motifs is 1. The van der Waals surface area contributed by atoms with Gasteiger partial charge in [-0.2, -0.15) is 5.10 Å². The van der Waals surface area contributed by atoms with Crippen molar-refractivity contribution in [3.8, 4) is 0 Å². The number of guanidine groups is 1. The quantitative estimate of drug-likeness (QED) is 0.313. The molecule has 2 aliphatic rings. The lowest BCUT2D eigenvalue weighted by Crippen LogP contribution is -2.46. The highest BCUT2D eigenvalue weighted by molar-refractivity contribution is 14.0. The SMILES string of the molecule is CN=C(NCc1ccc(N2CCOC(C)C2)nc1)NC1CCc2nc(COC)nn2C1.I. The molecule has 0 spiro atoms. The molecule has 2 N–H and O–H groups in total. The van der Waals surface area contributed by atoms with Crippen LogP contribution in [0, 0.1) is 0 Å². The maximum absolute atomic E-state index is 5.61. The Morgan fingerprint density at radius 3 is 2.94 bits per heavy atom. The van der Waals surface area contributed by atoms with E-state index in [-0.39, 0.29) is 36.1 Å². The standard InChI is InChI=1S/C21H32N8O2.HI/c1-15-12-28(8-9-31-15)19-6-4-16(10-23-19)11-24-21(22-2)25-17-5-7-20-26-18(14-30-3)27-29(20)13-17;/h4,6,10,15,17H,5,7-9,11-14H2,1-3H3,(H2,22,24,25);1H. The van der Waals surface area contributed by atoms with E-state index in [1.807, 2.05) is 10.9 Å². The number of aryl methyl sites for hydroxylation is 1. The number of nitrogens with zero attached hydrogens (tertiary/aromatic N) is 6. The molecule has 0 amide bonds. The minimum atomic E-state index is 0. The van der Waals surface area contributed by atoms with Crippen molar-refractivity contribution in [2.24, 2.45) is 4.99 Å². The van der Waals surface area contributed by atoms with Crippen LogP contribution in [0.15, 0.2) is 23.3 Å². The number of ether oxygens (including phenoxy) is 2. The fourth-order valence-corrected chi connectivity index (χ4v) is 3.98. The zero-order valence-electron chi connectivity index (χ0n) is 19.0. The second-order valence-corrected chi connectivity index (χ2v) is 8.02. The van der Waals surface area contributed by atoms with Gasteiger partial charge in [0.05, 0.1) is 19.3 Å². The average molecular weight is 556 g/mol. The topological polar surface area (TPSA) is 102 Å². The Morgan fingerprint density at radius 2 is 2.22 bits per heavy atom. The van der Waals surface area contributed by atoms with Gasteiger partial charge in [-0.25, -0.2) is 14.6 Å². The van der Waals surface area contributed by atoms with Crippen LogP contribution in [0.4, 0.5) is 5.82 Å². The van der Waals surface area contributed by atoms with E-state index in [1.165, 1.54) is 0 Å². The number of methoxy groups -OCH3 is 1. The Kier molecular flexibility index (Phi) is 9.05. The molecule has 1 saturated heterocycles. The molecule has 0 aromatic carbocycles. The Balaban J connectivity index is 0.00000289. The maximum atomic E-state index is 5.61. The molecule has 4 heterocycles. The van der Waals surface area contributed by atoms with Crippen molar-refractivity contribution in [3.63, 3.8) is 0 Å². The minimum Gasteiger partial charge on any atom is -0.377 e. The van der Waals surface area contributed by atoms with Crippen LogP contribution in [-0.2, 0) is 35.6 Å². The number of morpholine rings is 1. The normalized spacial score (nSPS) is 21.0. The molecule has 10 nitrogen and oxygen atoms in total. The molecule has 2 unspecified atom stereocenters. The predicted octanol–water partition coefficient (Wildman–Crippen LogP) is 1.34. The summed E-state index contributed by atoms with van der Waals surface area (Å²) in [4.78, 5) is 15.8. The zero-order valence-corrected chi connectivity index (χ0v) is 21.3. The summed E-state index contributed by atoms with van der Waals surface area (Å²) in [7, 11) is 3.45. The van der Waals surface area contributed by atoms with E-state index in [1.54, 1.807) is 14.2 Å². The summed E-state index contributed by atoms with van der Waals surface area (Å²) in [6.45, 7) is 6.47. The Bertz CT molecular complexity index is 888. The van der Waals surface area contributed by atoms with Crippen LogP contribution in [0.2, 0.25) is 0 Å². The van der Waals surface area contributed by atoms with Crippen molar-refractivity contribution in [2.75, 3.05) is 38.8 Å². The number of aliphatic imine (C=N–C) groups is 1. The minimum absolute atomic E-state index is 0. The number of halogens is 1. The summed E-state index contributed by atoms with van der Waals surface area (Å²) in [5, 5.41) is 11.4. The first-order chi connectivity index (χ1) is 15.1. The van der Waals surface area contributed by atoms with Crippen LogP contribution in [0.5, 0.6) is 0 Å². The van der Waals surface area contributed by atoms with Crippen LogP contribution < -0.4 is 15.5 Å². The van der Waals surface area contributed by atoms with Crippen molar-refractivity contribution >= 4 is 35.8 Å². The molecule has 4 rings (SSSR count). The maximum Gasteiger partial charge on any atom is 0.191 e. The van der Waals surface area contributed by atoms with Crippen LogP contribution >= 0.6 is 24.0 Å². The summed E-state index contributed by atoms with van der Waals surface area (Å²) in [5.41, 5.74) is 1.11. The number of nitrogens with one attached hydrogen (secondary N) is 2. The summed E-state index contributed by atoms with van der Waals surface area (Å²) < 4.78 is 12.7. The highest BCUT2D eigenvalue weighted by Crippen LogP contribution is 2.16. The molecule has 0 aliphatic carbocycles. The van der Waals surface area contributed by atoms with E-state index in [0.29, 0.717) is 13.2 Å². The highest BCUT2D eigenvalue weighted by atomic mass is 127. The summed E-state index contributed by atoms with van der Waals surface area (Å²) >= 11 is 0. The lowest BCUT2D eigenvalue weighted by atomic mass is 10.1. The highest BCUT2D eigenvalue weighted by Gasteiger charge is 2.22. The molecule has 32 heavy (non-hydrogen) atoms. The van der Waals surface area contributed by atoms with E-state index in [0.717, 1.165) is 68.1 Å². The number of rotatable bonds is 6. The van der Waals surface area contributed by atoms with Gasteiger partial charge in [0.1, 0.15) is 18.2 Å². The van der Waals surface area contributed by atoms with Crippen LogP contribution in [0.25, 0.3) is 0 Å². The molecule has 0 saturated carbocycles. The predicted molar refractivity (Wildman–Crippen MR) is 133 cm³/mol. The second-order valence-electron chi connectivity index (χ2n) is 8.02. The molecular weight excluding hydrogens is 523 g/mol. The fraction of sp³-hybridized carbons (Fsp3) is 0.619. The van der Waals surface area contributed by atoms with Crippen molar-refractivity contribution in [3.05, 3.63) is 35.5 Å². The molecule has 1 fully saturated rings. The van der Waals surface area contributed by atoms with Gasteiger partial charge in [0.15, 0.2) is 11.8 Å². The van der Waals surface area contributed by atoms with E-state index >= 15 is 0 Å². The summed E-state index contributed by atoms with van der Waals surface area (Å²) in [6, 6.07) is 4.44. The van der Waals surface area contributed by atoms with Gasteiger partial charge in [-0.15, -0.1) is 24.0 Å². The second kappa shape index (κ2) is 11.8. The number of pyridine rings is 1. The summed E-state index contributed by atoms with van der Waals surface area (Å²) in [6.07, 6.45) is 4.04. The van der Waals surface area contributed by atoms with Crippen LogP contribution in [0.1, 0.15) is 30.6 Å². The number of hydrogen-bond donors (Lipinski definition) is 2. The summed E-state index contributed by atoms with van der Waals surface area (Å²) in [5.74, 6) is 3.54. The molecule has 2 aliphatic heterocycles. The lowest BCUT2D eigenvalue weighted by molar-refractivity contribution is 0.0529. The van der Waals surface area contributed by atoms with Gasteiger partial charge in [0.2, 0.25) is 0 Å². The molecule has 2 atom stereocenters. The van der Waals surface area contributed by atoms with Gasteiger partial charge >= 0.3 is 0 Å². The van der Waals surface area contributed by atoms with E-state index in [4.69, 9.17) is 9.47 Å². The Hall–Kier alpha value is -1.99. The van der Waals surface area contributed by atoms with Crippen molar-refractivity contribution in [1.82, 2.24) is 30.4 Å². The van der Waals surface area contributed by atoms with Crippen LogP contribution in [0.3, 0.4) is 0 Å². The number of aromatic nitrogens is 4. The van der Waals surface area contributed by atoms with Gasteiger partial charge in [0.25, 0.3) is 0 Å². The molecule has 176 valence electrons. The average Bonchev–Trinajstić information content (AvgIpc) is 3.19. The molecule has 2 aromatic heterocycles. The van der Waals surface area contributed by atoms with Gasteiger partial charge < -0.3 is 25.0 Å². The molecule has 0 bridgehead atoms. The zero-order chi connectivity index (χ0) is 21.6. The number of anilines is 1. The van der Waals surface area contributed by atoms with Gasteiger partial charge in [-0.3, -0.25) is 4.99 Å². The third-order valence-electron chi connectivity index (χ3n) is 5.57. The smallest absolute Gasteiger partial charge is 0.191 e. The molecular formula is C21H33IN8O2. The molecule has 11 heteroatoms. The Labute approximate surface area is 206 Å². The first kappa shape index (κ1) is 24.6. The fourth-order valence-electron chi connectivity index (χ4n) is 3.98.